The Bertz CT molecular complexity index is 590. The first-order valence-electron chi connectivity index (χ1n) is 5.83. The molecule has 0 bridgehead atoms. The summed E-state index contributed by atoms with van der Waals surface area (Å²) in [6.07, 6.45) is 2.22. The lowest BCUT2D eigenvalue weighted by Gasteiger charge is -1.94. The number of benzene rings is 1. The molecule has 0 radical (unpaired) electrons. The van der Waals surface area contributed by atoms with Crippen LogP contribution < -0.4 is 0 Å². The van der Waals surface area contributed by atoms with Crippen LogP contribution >= 0.6 is 11.6 Å². The molecule has 4 nitrogen and oxygen atoms in total. The Kier molecular flexibility index (Phi) is 2.88. The van der Waals surface area contributed by atoms with E-state index in [-0.39, 0.29) is 18.1 Å². The number of rotatable bonds is 4. The average molecular weight is 263 g/mol. The average Bonchev–Trinajstić information content (AvgIpc) is 3.10. The Morgan fingerprint density at radius 2 is 2.28 bits per heavy atom. The number of ketones is 1. The predicted molar refractivity (Wildman–Crippen MR) is 66.2 cm³/mol. The number of carbonyl (C=O) groups excluding carboxylic acids is 1. The van der Waals surface area contributed by atoms with Crippen molar-refractivity contribution < 1.29 is 9.32 Å². The van der Waals surface area contributed by atoms with Crippen LogP contribution in [-0.4, -0.2) is 15.9 Å². The Hall–Kier alpha value is -1.68. The summed E-state index contributed by atoms with van der Waals surface area (Å²) in [7, 11) is 0. The molecule has 0 unspecified atom stereocenters. The van der Waals surface area contributed by atoms with Gasteiger partial charge in [-0.1, -0.05) is 28.9 Å². The van der Waals surface area contributed by atoms with Crippen LogP contribution in [0.15, 0.2) is 28.8 Å². The van der Waals surface area contributed by atoms with Gasteiger partial charge >= 0.3 is 0 Å². The van der Waals surface area contributed by atoms with E-state index in [9.17, 15) is 4.79 Å². The Morgan fingerprint density at radius 3 is 3.00 bits per heavy atom. The molecule has 1 saturated carbocycles. The maximum atomic E-state index is 11.6. The molecule has 0 saturated heterocycles. The highest BCUT2D eigenvalue weighted by Gasteiger charge is 2.30. The van der Waals surface area contributed by atoms with E-state index in [1.807, 2.05) is 12.1 Å². The molecule has 18 heavy (non-hydrogen) atoms. The topological polar surface area (TPSA) is 56.0 Å². The summed E-state index contributed by atoms with van der Waals surface area (Å²) >= 11 is 5.90. The van der Waals surface area contributed by atoms with Crippen LogP contribution in [0.4, 0.5) is 0 Å². The van der Waals surface area contributed by atoms with E-state index in [0.29, 0.717) is 16.7 Å². The van der Waals surface area contributed by atoms with Gasteiger partial charge in [0.1, 0.15) is 5.78 Å². The summed E-state index contributed by atoms with van der Waals surface area (Å²) in [5, 5.41) is 4.48. The molecule has 92 valence electrons. The molecule has 1 heterocycles. The second kappa shape index (κ2) is 4.53. The largest absolute Gasteiger partial charge is 0.339 e. The van der Waals surface area contributed by atoms with Crippen molar-refractivity contribution >= 4 is 17.4 Å². The van der Waals surface area contributed by atoms with Crippen molar-refractivity contribution in [1.82, 2.24) is 10.1 Å². The van der Waals surface area contributed by atoms with E-state index in [1.165, 1.54) is 0 Å². The molecule has 2 aromatic rings. The maximum Gasteiger partial charge on any atom is 0.234 e. The molecule has 0 N–H and O–H groups in total. The second-order valence-corrected chi connectivity index (χ2v) is 4.88. The van der Waals surface area contributed by atoms with Crippen LogP contribution in [0, 0.1) is 5.92 Å². The highest BCUT2D eigenvalue weighted by molar-refractivity contribution is 6.30. The quantitative estimate of drug-likeness (QED) is 0.850. The summed E-state index contributed by atoms with van der Waals surface area (Å²) in [5.41, 5.74) is 0.788. The van der Waals surface area contributed by atoms with Crippen molar-refractivity contribution in [3.05, 3.63) is 35.2 Å². The zero-order valence-corrected chi connectivity index (χ0v) is 10.4. The molecule has 3 rings (SSSR count). The van der Waals surface area contributed by atoms with Gasteiger partial charge in [-0.15, -0.1) is 0 Å². The van der Waals surface area contributed by atoms with Gasteiger partial charge in [-0.2, -0.15) is 4.98 Å². The van der Waals surface area contributed by atoms with Crippen LogP contribution in [0.1, 0.15) is 18.7 Å². The van der Waals surface area contributed by atoms with Crippen LogP contribution in [0.3, 0.4) is 0 Å². The summed E-state index contributed by atoms with van der Waals surface area (Å²) in [4.78, 5) is 15.8. The normalized spacial score (nSPS) is 14.7. The molecule has 1 aromatic heterocycles. The molecular weight excluding hydrogens is 252 g/mol. The standard InChI is InChI=1S/C13H11ClN2O2/c14-10-3-1-2-9(6-10)13-15-12(18-16-13)7-11(17)8-4-5-8/h1-3,6,8H,4-5,7H2. The van der Waals surface area contributed by atoms with Gasteiger partial charge in [0.2, 0.25) is 11.7 Å². The summed E-state index contributed by atoms with van der Waals surface area (Å²) in [6.45, 7) is 0. The van der Waals surface area contributed by atoms with Crippen LogP contribution in [-0.2, 0) is 11.2 Å². The van der Waals surface area contributed by atoms with Crippen molar-refractivity contribution in [1.29, 1.82) is 0 Å². The fourth-order valence-corrected chi connectivity index (χ4v) is 1.96. The smallest absolute Gasteiger partial charge is 0.234 e. The zero-order chi connectivity index (χ0) is 12.5. The monoisotopic (exact) mass is 262 g/mol. The van der Waals surface area contributed by atoms with E-state index in [2.05, 4.69) is 10.1 Å². The third-order valence-corrected chi connectivity index (χ3v) is 3.14. The number of Topliss-reactive ketones (excluding diaryl/α,β-unsaturated/α-hetero) is 1. The first-order valence-corrected chi connectivity index (χ1v) is 6.21. The SMILES string of the molecule is O=C(Cc1nc(-c2cccc(Cl)c2)no1)C1CC1. The van der Waals surface area contributed by atoms with Gasteiger partial charge in [0.25, 0.3) is 0 Å². The van der Waals surface area contributed by atoms with Crippen molar-refractivity contribution in [3.8, 4) is 11.4 Å². The van der Waals surface area contributed by atoms with Crippen LogP contribution in [0.25, 0.3) is 11.4 Å². The first kappa shape index (κ1) is 11.4. The fourth-order valence-electron chi connectivity index (χ4n) is 1.77. The van der Waals surface area contributed by atoms with Crippen molar-refractivity contribution in [3.63, 3.8) is 0 Å². The highest BCUT2D eigenvalue weighted by Crippen LogP contribution is 2.31. The second-order valence-electron chi connectivity index (χ2n) is 4.44. The van der Waals surface area contributed by atoms with Gasteiger partial charge in [-0.05, 0) is 25.0 Å². The lowest BCUT2D eigenvalue weighted by molar-refractivity contribution is -0.119. The van der Waals surface area contributed by atoms with Crippen molar-refractivity contribution in [2.45, 2.75) is 19.3 Å². The Morgan fingerprint density at radius 1 is 1.44 bits per heavy atom. The number of nitrogens with zero attached hydrogens (tertiary/aromatic N) is 2. The van der Waals surface area contributed by atoms with Crippen LogP contribution in [0.2, 0.25) is 5.02 Å². The molecule has 1 aromatic carbocycles. The summed E-state index contributed by atoms with van der Waals surface area (Å²) in [5.74, 6) is 1.25. The molecule has 0 aliphatic heterocycles. The van der Waals surface area contributed by atoms with Gasteiger partial charge < -0.3 is 4.52 Å². The number of aromatic nitrogens is 2. The van der Waals surface area contributed by atoms with Gasteiger partial charge in [-0.25, -0.2) is 0 Å². The van der Waals surface area contributed by atoms with E-state index < -0.39 is 0 Å². The first-order chi connectivity index (χ1) is 8.72. The van der Waals surface area contributed by atoms with E-state index >= 15 is 0 Å². The third kappa shape index (κ3) is 2.43. The van der Waals surface area contributed by atoms with E-state index in [4.69, 9.17) is 16.1 Å². The van der Waals surface area contributed by atoms with Gasteiger partial charge in [0, 0.05) is 16.5 Å². The van der Waals surface area contributed by atoms with Gasteiger partial charge in [0.15, 0.2) is 0 Å². The molecular formula is C13H11ClN2O2. The minimum atomic E-state index is 0.191. The number of carbonyl (C=O) groups is 1. The molecule has 1 aliphatic rings. The van der Waals surface area contributed by atoms with Crippen LogP contribution in [0.5, 0.6) is 0 Å². The zero-order valence-electron chi connectivity index (χ0n) is 9.60. The molecule has 0 atom stereocenters. The minimum Gasteiger partial charge on any atom is -0.339 e. The fraction of sp³-hybridized carbons (Fsp3) is 0.308. The van der Waals surface area contributed by atoms with E-state index in [1.54, 1.807) is 12.1 Å². The molecule has 1 fully saturated rings. The van der Waals surface area contributed by atoms with E-state index in [0.717, 1.165) is 18.4 Å². The summed E-state index contributed by atoms with van der Waals surface area (Å²) in [6, 6.07) is 7.22. The van der Waals surface area contributed by atoms with Crippen molar-refractivity contribution in [2.75, 3.05) is 0 Å². The lowest BCUT2D eigenvalue weighted by atomic mass is 10.2. The molecule has 0 amide bonds. The highest BCUT2D eigenvalue weighted by atomic mass is 35.5. The maximum absolute atomic E-state index is 11.6. The molecule has 0 spiro atoms. The van der Waals surface area contributed by atoms with Gasteiger partial charge in [0.05, 0.1) is 6.42 Å². The Labute approximate surface area is 109 Å². The van der Waals surface area contributed by atoms with Gasteiger partial charge in [-0.3, -0.25) is 4.79 Å². The molecule has 1 aliphatic carbocycles. The third-order valence-electron chi connectivity index (χ3n) is 2.91. The number of halogens is 1. The Balaban J connectivity index is 1.78. The lowest BCUT2D eigenvalue weighted by Crippen LogP contribution is -2.04. The minimum absolute atomic E-state index is 0.191. The number of hydrogen-bond donors (Lipinski definition) is 0. The predicted octanol–water partition coefficient (Wildman–Crippen LogP) is 2.91. The molecule has 5 heteroatoms. The number of hydrogen-bond acceptors (Lipinski definition) is 4. The van der Waals surface area contributed by atoms with Crippen molar-refractivity contribution in [2.24, 2.45) is 5.92 Å². The summed E-state index contributed by atoms with van der Waals surface area (Å²) < 4.78 is 5.08.